The Morgan fingerprint density at radius 1 is 1.50 bits per heavy atom. The molecule has 2 rings (SSSR count). The van der Waals surface area contributed by atoms with E-state index in [2.05, 4.69) is 31.9 Å². The molecule has 0 aromatic carbocycles. The van der Waals surface area contributed by atoms with Gasteiger partial charge in [0, 0.05) is 12.7 Å². The molecule has 78 valence electrons. The maximum absolute atomic E-state index is 6.07. The third-order valence-corrected chi connectivity index (χ3v) is 2.58. The third kappa shape index (κ3) is 1.98. The first kappa shape index (κ1) is 9.71. The molecule has 0 amide bonds. The molecular weight excluding hydrogens is 174 g/mol. The predicted octanol–water partition coefficient (Wildman–Crippen LogP) is 1.88. The number of hydrogen-bond acceptors (Lipinski definition) is 2. The summed E-state index contributed by atoms with van der Waals surface area (Å²) in [7, 11) is 0. The average Bonchev–Trinajstić information content (AvgIpc) is 2.60. The first-order chi connectivity index (χ1) is 6.39. The van der Waals surface area contributed by atoms with Crippen LogP contribution in [0.25, 0.3) is 0 Å². The van der Waals surface area contributed by atoms with Gasteiger partial charge in [-0.25, -0.2) is 0 Å². The highest BCUT2D eigenvalue weighted by Crippen LogP contribution is 2.41. The second-order valence-corrected chi connectivity index (χ2v) is 5.62. The molecule has 1 saturated carbocycles. The Morgan fingerprint density at radius 2 is 2.14 bits per heavy atom. The quantitative estimate of drug-likeness (QED) is 0.779. The monoisotopic (exact) mass is 193 g/mol. The molecule has 0 aliphatic heterocycles. The summed E-state index contributed by atoms with van der Waals surface area (Å²) in [6.45, 7) is 7.58. The van der Waals surface area contributed by atoms with E-state index in [1.165, 1.54) is 0 Å². The molecule has 3 heteroatoms. The number of nitrogens with zero attached hydrogens (tertiary/aromatic N) is 2. The van der Waals surface area contributed by atoms with Gasteiger partial charge in [-0.15, -0.1) is 0 Å². The zero-order valence-corrected chi connectivity index (χ0v) is 9.25. The smallest absolute Gasteiger partial charge is 0.0823 e. The van der Waals surface area contributed by atoms with Crippen molar-refractivity contribution in [1.82, 2.24) is 9.78 Å². The third-order valence-electron chi connectivity index (χ3n) is 2.58. The minimum Gasteiger partial charge on any atom is -0.320 e. The van der Waals surface area contributed by atoms with Crippen molar-refractivity contribution in [2.45, 2.75) is 45.7 Å². The van der Waals surface area contributed by atoms with Crippen LogP contribution in [0.1, 0.15) is 39.3 Å². The second kappa shape index (κ2) is 2.83. The van der Waals surface area contributed by atoms with Gasteiger partial charge in [0.25, 0.3) is 0 Å². The van der Waals surface area contributed by atoms with Gasteiger partial charge in [-0.2, -0.15) is 5.10 Å². The summed E-state index contributed by atoms with van der Waals surface area (Å²) < 4.78 is 2.00. The topological polar surface area (TPSA) is 43.8 Å². The first-order valence-electron chi connectivity index (χ1n) is 5.22. The van der Waals surface area contributed by atoms with E-state index >= 15 is 0 Å². The lowest BCUT2D eigenvalue weighted by Gasteiger charge is -2.17. The average molecular weight is 193 g/mol. The Bertz CT molecular complexity index is 329. The van der Waals surface area contributed by atoms with Gasteiger partial charge in [0.15, 0.2) is 0 Å². The van der Waals surface area contributed by atoms with E-state index in [1.54, 1.807) is 0 Å². The summed E-state index contributed by atoms with van der Waals surface area (Å²) in [6, 6.07) is 2.05. The molecule has 0 spiro atoms. The molecule has 3 nitrogen and oxygen atoms in total. The van der Waals surface area contributed by atoms with E-state index in [-0.39, 0.29) is 11.0 Å². The molecule has 1 aliphatic rings. The van der Waals surface area contributed by atoms with Crippen molar-refractivity contribution in [3.63, 3.8) is 0 Å². The number of hydrogen-bond donors (Lipinski definition) is 1. The van der Waals surface area contributed by atoms with Gasteiger partial charge < -0.3 is 5.73 Å². The summed E-state index contributed by atoms with van der Waals surface area (Å²) in [5.74, 6) is 0. The Hall–Kier alpha value is -0.830. The first-order valence-corrected chi connectivity index (χ1v) is 5.22. The molecule has 1 fully saturated rings. The fourth-order valence-corrected chi connectivity index (χ4v) is 1.59. The molecule has 1 aliphatic carbocycles. The van der Waals surface area contributed by atoms with Gasteiger partial charge in [0.2, 0.25) is 0 Å². The number of nitrogens with two attached hydrogens (primary N) is 1. The maximum Gasteiger partial charge on any atom is 0.0823 e. The molecule has 1 heterocycles. The van der Waals surface area contributed by atoms with Crippen LogP contribution < -0.4 is 5.73 Å². The lowest BCUT2D eigenvalue weighted by molar-refractivity contribution is 0.323. The minimum atomic E-state index is -0.0941. The molecule has 0 radical (unpaired) electrons. The van der Waals surface area contributed by atoms with Crippen LogP contribution in [0.3, 0.4) is 0 Å². The highest BCUT2D eigenvalue weighted by Gasteiger charge is 2.42. The molecule has 0 saturated heterocycles. The summed E-state index contributed by atoms with van der Waals surface area (Å²) in [5, 5.41) is 4.52. The molecule has 0 unspecified atom stereocenters. The number of rotatable bonds is 2. The van der Waals surface area contributed by atoms with Crippen LogP contribution >= 0.6 is 0 Å². The van der Waals surface area contributed by atoms with Crippen molar-refractivity contribution < 1.29 is 0 Å². The zero-order valence-electron chi connectivity index (χ0n) is 9.25. The molecule has 0 bridgehead atoms. The van der Waals surface area contributed by atoms with E-state index in [0.717, 1.165) is 25.1 Å². The van der Waals surface area contributed by atoms with Crippen molar-refractivity contribution in [3.05, 3.63) is 18.0 Å². The summed E-state index contributed by atoms with van der Waals surface area (Å²) in [5.41, 5.74) is 7.30. The van der Waals surface area contributed by atoms with E-state index in [1.807, 2.05) is 10.9 Å². The van der Waals surface area contributed by atoms with Gasteiger partial charge >= 0.3 is 0 Å². The SMILES string of the molecule is CC(C)(C)Cn1ccc(C2(N)CC2)n1. The van der Waals surface area contributed by atoms with Crippen molar-refractivity contribution in [2.24, 2.45) is 11.1 Å². The van der Waals surface area contributed by atoms with Crippen molar-refractivity contribution in [2.75, 3.05) is 0 Å². The molecular formula is C11H19N3. The van der Waals surface area contributed by atoms with E-state index < -0.39 is 0 Å². The minimum absolute atomic E-state index is 0.0941. The van der Waals surface area contributed by atoms with Crippen LogP contribution in [0.5, 0.6) is 0 Å². The highest BCUT2D eigenvalue weighted by molar-refractivity contribution is 5.20. The van der Waals surface area contributed by atoms with Crippen LogP contribution in [0, 0.1) is 5.41 Å². The molecule has 2 N–H and O–H groups in total. The summed E-state index contributed by atoms with van der Waals surface area (Å²) >= 11 is 0. The van der Waals surface area contributed by atoms with Crippen molar-refractivity contribution >= 4 is 0 Å². The molecule has 14 heavy (non-hydrogen) atoms. The Balaban J connectivity index is 2.11. The zero-order chi connectivity index (χ0) is 10.4. The Labute approximate surface area is 85.3 Å². The van der Waals surface area contributed by atoms with Crippen molar-refractivity contribution in [1.29, 1.82) is 0 Å². The summed E-state index contributed by atoms with van der Waals surface area (Å²) in [4.78, 5) is 0. The second-order valence-electron chi connectivity index (χ2n) is 5.62. The van der Waals surface area contributed by atoms with Crippen LogP contribution in [0.4, 0.5) is 0 Å². The Morgan fingerprint density at radius 3 is 2.64 bits per heavy atom. The van der Waals surface area contributed by atoms with E-state index in [0.29, 0.717) is 0 Å². The van der Waals surface area contributed by atoms with Crippen molar-refractivity contribution in [3.8, 4) is 0 Å². The lowest BCUT2D eigenvalue weighted by Crippen LogP contribution is -2.21. The van der Waals surface area contributed by atoms with E-state index in [9.17, 15) is 0 Å². The number of aromatic nitrogens is 2. The highest BCUT2D eigenvalue weighted by atomic mass is 15.3. The summed E-state index contributed by atoms with van der Waals surface area (Å²) in [6.07, 6.45) is 4.20. The predicted molar refractivity (Wildman–Crippen MR) is 56.8 cm³/mol. The molecule has 1 aromatic rings. The molecule has 1 aromatic heterocycles. The van der Waals surface area contributed by atoms with Crippen LogP contribution in [-0.4, -0.2) is 9.78 Å². The molecule has 0 atom stereocenters. The van der Waals surface area contributed by atoms with Gasteiger partial charge in [-0.1, -0.05) is 20.8 Å². The Kier molecular flexibility index (Phi) is 1.96. The van der Waals surface area contributed by atoms with Crippen LogP contribution in [-0.2, 0) is 12.1 Å². The van der Waals surface area contributed by atoms with E-state index in [4.69, 9.17) is 5.73 Å². The fraction of sp³-hybridized carbons (Fsp3) is 0.727. The normalized spacial score (nSPS) is 19.7. The van der Waals surface area contributed by atoms with Gasteiger partial charge in [-0.3, -0.25) is 4.68 Å². The van der Waals surface area contributed by atoms with Crippen LogP contribution in [0.15, 0.2) is 12.3 Å². The van der Waals surface area contributed by atoms with Gasteiger partial charge in [0.1, 0.15) is 0 Å². The van der Waals surface area contributed by atoms with Gasteiger partial charge in [-0.05, 0) is 24.3 Å². The maximum atomic E-state index is 6.07. The van der Waals surface area contributed by atoms with Gasteiger partial charge in [0.05, 0.1) is 11.2 Å². The fourth-order valence-electron chi connectivity index (χ4n) is 1.59. The lowest BCUT2D eigenvalue weighted by atomic mass is 9.97. The standard InChI is InChI=1S/C11H19N3/c1-10(2,3)8-14-7-4-9(13-14)11(12)5-6-11/h4,7H,5-6,8,12H2,1-3H3. The van der Waals surface area contributed by atoms with Crippen LogP contribution in [0.2, 0.25) is 0 Å². The largest absolute Gasteiger partial charge is 0.320 e.